The Balaban J connectivity index is 1.73. The molecule has 0 saturated carbocycles. The lowest BCUT2D eigenvalue weighted by molar-refractivity contribution is 0.752. The van der Waals surface area contributed by atoms with Crippen LogP contribution >= 0.6 is 0 Å². The van der Waals surface area contributed by atoms with Gasteiger partial charge in [-0.25, -0.2) is 0 Å². The summed E-state index contributed by atoms with van der Waals surface area (Å²) in [5.74, 6) is 0. The first-order valence-corrected chi connectivity index (χ1v) is 6.05. The molecule has 6 nitrogen and oxygen atoms in total. The first kappa shape index (κ1) is 11.5. The Labute approximate surface area is 110 Å². The summed E-state index contributed by atoms with van der Waals surface area (Å²) in [4.78, 5) is 1.59. The molecular weight excluding hydrogens is 240 g/mol. The van der Waals surface area contributed by atoms with Gasteiger partial charge in [-0.1, -0.05) is 0 Å². The molecule has 0 aliphatic carbocycles. The fourth-order valence-electron chi connectivity index (χ4n) is 1.88. The number of hydrogen-bond donors (Lipinski definition) is 2. The summed E-state index contributed by atoms with van der Waals surface area (Å²) >= 11 is 0. The Hall–Kier alpha value is -2.63. The third-order valence-corrected chi connectivity index (χ3v) is 2.89. The van der Waals surface area contributed by atoms with Crippen molar-refractivity contribution in [2.24, 2.45) is 0 Å². The van der Waals surface area contributed by atoms with Crippen molar-refractivity contribution >= 4 is 5.69 Å². The van der Waals surface area contributed by atoms with E-state index in [0.717, 1.165) is 17.1 Å². The number of benzene rings is 1. The second-order valence-corrected chi connectivity index (χ2v) is 4.24. The quantitative estimate of drug-likeness (QED) is 0.748. The standard InChI is InChI=1S/C13H14N6/c1-10(13-6-7-14-18-13)17-11-2-4-12(5-3-11)19-15-8-9-16-19/h2-10,17H,1H3,(H,14,18). The van der Waals surface area contributed by atoms with Crippen LogP contribution in [0, 0.1) is 0 Å². The number of H-pyrrole nitrogens is 1. The molecule has 2 heterocycles. The lowest BCUT2D eigenvalue weighted by atomic mass is 10.2. The van der Waals surface area contributed by atoms with Crippen molar-refractivity contribution in [3.8, 4) is 5.69 Å². The van der Waals surface area contributed by atoms with Crippen molar-refractivity contribution in [1.82, 2.24) is 25.2 Å². The van der Waals surface area contributed by atoms with Crippen LogP contribution in [-0.2, 0) is 0 Å². The van der Waals surface area contributed by atoms with E-state index in [9.17, 15) is 0 Å². The number of nitrogens with zero attached hydrogens (tertiary/aromatic N) is 4. The molecule has 3 aromatic rings. The molecule has 96 valence electrons. The van der Waals surface area contributed by atoms with Gasteiger partial charge in [-0.05, 0) is 37.3 Å². The number of nitrogens with one attached hydrogen (secondary N) is 2. The summed E-state index contributed by atoms with van der Waals surface area (Å²) in [5, 5.41) is 18.5. The van der Waals surface area contributed by atoms with E-state index in [2.05, 4.69) is 32.6 Å². The van der Waals surface area contributed by atoms with E-state index in [-0.39, 0.29) is 6.04 Å². The molecule has 0 radical (unpaired) electrons. The van der Waals surface area contributed by atoms with Gasteiger partial charge >= 0.3 is 0 Å². The largest absolute Gasteiger partial charge is 0.377 e. The summed E-state index contributed by atoms with van der Waals surface area (Å²) in [5.41, 5.74) is 3.03. The van der Waals surface area contributed by atoms with Crippen LogP contribution in [-0.4, -0.2) is 25.2 Å². The van der Waals surface area contributed by atoms with Gasteiger partial charge in [-0.3, -0.25) is 5.10 Å². The average Bonchev–Trinajstić information content (AvgIpc) is 3.13. The van der Waals surface area contributed by atoms with Crippen molar-refractivity contribution in [3.05, 3.63) is 54.6 Å². The van der Waals surface area contributed by atoms with Gasteiger partial charge in [-0.15, -0.1) is 0 Å². The maximum atomic E-state index is 4.09. The molecule has 2 aromatic heterocycles. The van der Waals surface area contributed by atoms with E-state index >= 15 is 0 Å². The molecule has 2 N–H and O–H groups in total. The van der Waals surface area contributed by atoms with Crippen LogP contribution in [0.25, 0.3) is 5.69 Å². The molecule has 0 spiro atoms. The van der Waals surface area contributed by atoms with Gasteiger partial charge in [0.1, 0.15) is 0 Å². The van der Waals surface area contributed by atoms with Gasteiger partial charge in [0, 0.05) is 11.9 Å². The number of aromatic nitrogens is 5. The molecule has 3 rings (SSSR count). The lowest BCUT2D eigenvalue weighted by Crippen LogP contribution is -2.07. The zero-order chi connectivity index (χ0) is 13.1. The van der Waals surface area contributed by atoms with Crippen LogP contribution < -0.4 is 5.32 Å². The molecule has 6 heteroatoms. The van der Waals surface area contributed by atoms with E-state index in [4.69, 9.17) is 0 Å². The second-order valence-electron chi connectivity index (χ2n) is 4.24. The molecule has 0 amide bonds. The Morgan fingerprint density at radius 3 is 2.42 bits per heavy atom. The minimum absolute atomic E-state index is 0.177. The zero-order valence-corrected chi connectivity index (χ0v) is 10.5. The minimum Gasteiger partial charge on any atom is -0.377 e. The predicted molar refractivity (Wildman–Crippen MR) is 72.0 cm³/mol. The third kappa shape index (κ3) is 2.47. The van der Waals surface area contributed by atoms with Crippen LogP contribution in [0.5, 0.6) is 0 Å². The highest BCUT2D eigenvalue weighted by atomic mass is 15.5. The molecule has 0 bridgehead atoms. The molecule has 1 aromatic carbocycles. The van der Waals surface area contributed by atoms with Gasteiger partial charge < -0.3 is 5.32 Å². The first-order chi connectivity index (χ1) is 9.33. The molecule has 0 aliphatic rings. The predicted octanol–water partition coefficient (Wildman–Crippen LogP) is 2.16. The molecule has 1 unspecified atom stereocenters. The van der Waals surface area contributed by atoms with Crippen molar-refractivity contribution in [2.75, 3.05) is 5.32 Å². The van der Waals surface area contributed by atoms with E-state index in [1.807, 2.05) is 30.3 Å². The van der Waals surface area contributed by atoms with Gasteiger partial charge in [-0.2, -0.15) is 20.1 Å². The van der Waals surface area contributed by atoms with Gasteiger partial charge in [0.05, 0.1) is 29.8 Å². The van der Waals surface area contributed by atoms with Crippen molar-refractivity contribution < 1.29 is 0 Å². The third-order valence-electron chi connectivity index (χ3n) is 2.89. The molecular formula is C13H14N6. The summed E-state index contributed by atoms with van der Waals surface area (Å²) in [6.07, 6.45) is 5.07. The number of anilines is 1. The van der Waals surface area contributed by atoms with Gasteiger partial charge in [0.25, 0.3) is 0 Å². The fourth-order valence-corrected chi connectivity index (χ4v) is 1.88. The van der Waals surface area contributed by atoms with Crippen LogP contribution in [0.1, 0.15) is 18.7 Å². The highest BCUT2D eigenvalue weighted by Gasteiger charge is 2.06. The average molecular weight is 254 g/mol. The minimum atomic E-state index is 0.177. The normalized spacial score (nSPS) is 12.3. The zero-order valence-electron chi connectivity index (χ0n) is 10.5. The van der Waals surface area contributed by atoms with E-state index < -0.39 is 0 Å². The van der Waals surface area contributed by atoms with Crippen LogP contribution in [0.2, 0.25) is 0 Å². The maximum absolute atomic E-state index is 4.09. The van der Waals surface area contributed by atoms with Crippen LogP contribution in [0.3, 0.4) is 0 Å². The molecule has 19 heavy (non-hydrogen) atoms. The molecule has 0 fully saturated rings. The van der Waals surface area contributed by atoms with Crippen molar-refractivity contribution in [1.29, 1.82) is 0 Å². The Bertz CT molecular complexity index is 612. The summed E-state index contributed by atoms with van der Waals surface area (Å²) in [6.45, 7) is 2.08. The van der Waals surface area contributed by atoms with Crippen LogP contribution in [0.15, 0.2) is 48.9 Å². The molecule has 0 saturated heterocycles. The summed E-state index contributed by atoms with van der Waals surface area (Å²) in [7, 11) is 0. The first-order valence-electron chi connectivity index (χ1n) is 6.05. The van der Waals surface area contributed by atoms with Crippen molar-refractivity contribution in [3.63, 3.8) is 0 Å². The van der Waals surface area contributed by atoms with E-state index in [1.54, 1.807) is 23.4 Å². The van der Waals surface area contributed by atoms with E-state index in [0.29, 0.717) is 0 Å². The second kappa shape index (κ2) is 4.93. The SMILES string of the molecule is CC(Nc1ccc(-n2nccn2)cc1)c1ccn[nH]1. The number of aromatic amines is 1. The lowest BCUT2D eigenvalue weighted by Gasteiger charge is -2.13. The number of rotatable bonds is 4. The smallest absolute Gasteiger partial charge is 0.0858 e. The molecule has 1 atom stereocenters. The maximum Gasteiger partial charge on any atom is 0.0858 e. The van der Waals surface area contributed by atoms with Crippen molar-refractivity contribution in [2.45, 2.75) is 13.0 Å². The Morgan fingerprint density at radius 1 is 1.05 bits per heavy atom. The van der Waals surface area contributed by atoms with Gasteiger partial charge in [0.15, 0.2) is 0 Å². The van der Waals surface area contributed by atoms with Gasteiger partial charge in [0.2, 0.25) is 0 Å². The highest BCUT2D eigenvalue weighted by Crippen LogP contribution is 2.18. The molecule has 0 aliphatic heterocycles. The fraction of sp³-hybridized carbons (Fsp3) is 0.154. The Morgan fingerprint density at radius 2 is 1.79 bits per heavy atom. The highest BCUT2D eigenvalue weighted by molar-refractivity contribution is 5.49. The topological polar surface area (TPSA) is 71.4 Å². The number of hydrogen-bond acceptors (Lipinski definition) is 4. The summed E-state index contributed by atoms with van der Waals surface area (Å²) in [6, 6.07) is 10.1. The van der Waals surface area contributed by atoms with E-state index in [1.165, 1.54) is 0 Å². The monoisotopic (exact) mass is 254 g/mol. The van der Waals surface area contributed by atoms with Crippen LogP contribution in [0.4, 0.5) is 5.69 Å². The summed E-state index contributed by atoms with van der Waals surface area (Å²) < 4.78 is 0. The Kier molecular flexibility index (Phi) is 2.97.